The zero-order chi connectivity index (χ0) is 20.0. The summed E-state index contributed by atoms with van der Waals surface area (Å²) in [4.78, 5) is 24.2. The molecule has 1 amide bonds. The second-order valence-electron chi connectivity index (χ2n) is 7.00. The van der Waals surface area contributed by atoms with E-state index in [1.54, 1.807) is 6.07 Å². The number of aromatic nitrogens is 2. The Balaban J connectivity index is 1.56. The van der Waals surface area contributed by atoms with Crippen LogP contribution in [0.4, 0.5) is 4.39 Å². The first-order valence-electron chi connectivity index (χ1n) is 9.24. The molecule has 7 heteroatoms. The Morgan fingerprint density at radius 2 is 1.97 bits per heavy atom. The van der Waals surface area contributed by atoms with Gasteiger partial charge in [-0.15, -0.1) is 0 Å². The summed E-state index contributed by atoms with van der Waals surface area (Å²) in [5.74, 6) is -1.61. The molecule has 1 aromatic heterocycles. The summed E-state index contributed by atoms with van der Waals surface area (Å²) < 4.78 is 19.5. The van der Waals surface area contributed by atoms with E-state index in [1.165, 1.54) is 0 Å². The molecule has 0 aliphatic carbocycles. The lowest BCUT2D eigenvalue weighted by Gasteiger charge is -2.09. The predicted molar refractivity (Wildman–Crippen MR) is 106 cm³/mol. The van der Waals surface area contributed by atoms with E-state index in [4.69, 9.17) is 4.74 Å². The molecule has 1 unspecified atom stereocenters. The largest absolute Gasteiger partial charge is 0.464 e. The molecule has 0 radical (unpaired) electrons. The number of cyclic esters (lactones) is 1. The minimum Gasteiger partial charge on any atom is -0.464 e. The number of hydrogen-bond donors (Lipinski definition) is 2. The lowest BCUT2D eigenvalue weighted by atomic mass is 10.0. The number of nitrogens with zero attached hydrogens (tertiary/aromatic N) is 1. The minimum atomic E-state index is -0.703. The molecule has 3 aromatic carbocycles. The second kappa shape index (κ2) is 6.70. The Morgan fingerprint density at radius 1 is 1.14 bits per heavy atom. The van der Waals surface area contributed by atoms with Crippen molar-refractivity contribution in [3.8, 4) is 11.3 Å². The van der Waals surface area contributed by atoms with E-state index in [-0.39, 0.29) is 17.7 Å². The number of esters is 1. The molecule has 2 N–H and O–H groups in total. The third-order valence-corrected chi connectivity index (χ3v) is 5.15. The number of nitrogens with one attached hydrogen (secondary N) is 2. The van der Waals surface area contributed by atoms with Crippen LogP contribution in [0.3, 0.4) is 0 Å². The number of benzene rings is 3. The maximum atomic E-state index is 14.6. The van der Waals surface area contributed by atoms with Crippen LogP contribution in [0.2, 0.25) is 0 Å². The van der Waals surface area contributed by atoms with E-state index in [1.807, 2.05) is 42.5 Å². The normalized spacial score (nSPS) is 16.3. The molecule has 1 atom stereocenters. The molecule has 0 spiro atoms. The number of H-pyrrole nitrogens is 1. The maximum Gasteiger partial charge on any atom is 0.328 e. The monoisotopic (exact) mass is 389 g/mol. The van der Waals surface area contributed by atoms with Gasteiger partial charge in [-0.05, 0) is 29.0 Å². The number of amides is 1. The van der Waals surface area contributed by atoms with Gasteiger partial charge >= 0.3 is 5.97 Å². The highest BCUT2D eigenvalue weighted by Gasteiger charge is 2.28. The second-order valence-corrected chi connectivity index (χ2v) is 7.00. The predicted octanol–water partition coefficient (Wildman–Crippen LogP) is 3.57. The lowest BCUT2D eigenvalue weighted by molar-refractivity contribution is -0.139. The Bertz CT molecular complexity index is 1280. The summed E-state index contributed by atoms with van der Waals surface area (Å²) in [7, 11) is 0. The third-order valence-electron chi connectivity index (χ3n) is 5.15. The van der Waals surface area contributed by atoms with Gasteiger partial charge in [-0.1, -0.05) is 36.4 Å². The Kier molecular flexibility index (Phi) is 4.01. The van der Waals surface area contributed by atoms with Crippen LogP contribution in [0, 0.1) is 5.82 Å². The summed E-state index contributed by atoms with van der Waals surface area (Å²) in [5.41, 5.74) is 1.74. The van der Waals surface area contributed by atoms with Gasteiger partial charge in [-0.3, -0.25) is 9.89 Å². The van der Waals surface area contributed by atoms with Crippen molar-refractivity contribution in [2.75, 3.05) is 6.61 Å². The number of aromatic amines is 1. The number of hydrogen-bond acceptors (Lipinski definition) is 4. The molecular formula is C22H16FN3O3. The van der Waals surface area contributed by atoms with Gasteiger partial charge in [-0.25, -0.2) is 9.18 Å². The lowest BCUT2D eigenvalue weighted by Crippen LogP contribution is -2.37. The molecule has 1 aliphatic rings. The average molecular weight is 389 g/mol. The van der Waals surface area contributed by atoms with Gasteiger partial charge in [0.15, 0.2) is 5.82 Å². The van der Waals surface area contributed by atoms with E-state index < -0.39 is 23.7 Å². The molecule has 0 saturated carbocycles. The van der Waals surface area contributed by atoms with Crippen molar-refractivity contribution in [3.63, 3.8) is 0 Å². The molecule has 1 aliphatic heterocycles. The third kappa shape index (κ3) is 3.00. The highest BCUT2D eigenvalue weighted by Crippen LogP contribution is 2.31. The number of halogens is 1. The molecule has 2 heterocycles. The molecular weight excluding hydrogens is 373 g/mol. The Hall–Kier alpha value is -3.74. The fourth-order valence-electron chi connectivity index (χ4n) is 3.64. The molecule has 0 bridgehead atoms. The van der Waals surface area contributed by atoms with Crippen LogP contribution in [-0.2, 0) is 9.53 Å². The highest BCUT2D eigenvalue weighted by atomic mass is 19.1. The zero-order valence-electron chi connectivity index (χ0n) is 15.2. The van der Waals surface area contributed by atoms with Crippen LogP contribution >= 0.6 is 0 Å². The maximum absolute atomic E-state index is 14.6. The van der Waals surface area contributed by atoms with Gasteiger partial charge in [0.25, 0.3) is 5.91 Å². The van der Waals surface area contributed by atoms with Crippen LogP contribution in [0.5, 0.6) is 0 Å². The molecule has 1 fully saturated rings. The fourth-order valence-corrected chi connectivity index (χ4v) is 3.64. The van der Waals surface area contributed by atoms with Crippen molar-refractivity contribution < 1.29 is 18.7 Å². The summed E-state index contributed by atoms with van der Waals surface area (Å²) >= 11 is 0. The van der Waals surface area contributed by atoms with Crippen LogP contribution in [0.15, 0.2) is 54.6 Å². The number of rotatable bonds is 3. The fraction of sp³-hybridized carbons (Fsp3) is 0.136. The van der Waals surface area contributed by atoms with Crippen molar-refractivity contribution in [1.29, 1.82) is 0 Å². The quantitative estimate of drug-likeness (QED) is 0.525. The summed E-state index contributed by atoms with van der Waals surface area (Å²) in [5, 5.41) is 12.2. The van der Waals surface area contributed by atoms with E-state index in [2.05, 4.69) is 15.5 Å². The van der Waals surface area contributed by atoms with E-state index in [0.717, 1.165) is 22.4 Å². The molecule has 144 valence electrons. The standard InChI is InChI=1S/C22H16FN3O3/c23-17-11-15(21(27)24-18-7-8-29-22(18)28)10-16-19(25-26-20(16)17)14-6-5-12-3-1-2-4-13(12)9-14/h1-6,9-11,18H,7-8H2,(H,24,27)(H,25,26). The van der Waals surface area contributed by atoms with Crippen molar-refractivity contribution in [2.24, 2.45) is 0 Å². The smallest absolute Gasteiger partial charge is 0.328 e. The summed E-state index contributed by atoms with van der Waals surface area (Å²) in [6.45, 7) is 0.269. The van der Waals surface area contributed by atoms with Gasteiger partial charge in [0.05, 0.1) is 12.3 Å². The van der Waals surface area contributed by atoms with Gasteiger partial charge < -0.3 is 10.1 Å². The molecule has 4 aromatic rings. The van der Waals surface area contributed by atoms with Crippen molar-refractivity contribution in [3.05, 3.63) is 66.0 Å². The Labute approximate surface area is 164 Å². The average Bonchev–Trinajstić information content (AvgIpc) is 3.34. The van der Waals surface area contributed by atoms with Crippen molar-refractivity contribution in [1.82, 2.24) is 15.5 Å². The van der Waals surface area contributed by atoms with Gasteiger partial charge in [-0.2, -0.15) is 5.10 Å². The van der Waals surface area contributed by atoms with Crippen molar-refractivity contribution >= 4 is 33.6 Å². The van der Waals surface area contributed by atoms with Crippen LogP contribution in [-0.4, -0.2) is 34.7 Å². The van der Waals surface area contributed by atoms with Crippen LogP contribution in [0.1, 0.15) is 16.8 Å². The number of fused-ring (bicyclic) bond motifs is 2. The molecule has 6 nitrogen and oxygen atoms in total. The van der Waals surface area contributed by atoms with Crippen LogP contribution < -0.4 is 5.32 Å². The zero-order valence-corrected chi connectivity index (χ0v) is 15.2. The minimum absolute atomic E-state index is 0.123. The number of carbonyl (C=O) groups excluding carboxylic acids is 2. The SMILES string of the molecule is O=C(NC1CCOC1=O)c1cc(F)c2n[nH]c(-c3ccc4ccccc4c3)c2c1. The number of carbonyl (C=O) groups is 2. The number of ether oxygens (including phenoxy) is 1. The molecule has 5 rings (SSSR count). The van der Waals surface area contributed by atoms with Crippen LogP contribution in [0.25, 0.3) is 32.9 Å². The molecule has 1 saturated heterocycles. The topological polar surface area (TPSA) is 84.1 Å². The van der Waals surface area contributed by atoms with Gasteiger partial charge in [0.2, 0.25) is 0 Å². The summed E-state index contributed by atoms with van der Waals surface area (Å²) in [6.07, 6.45) is 0.406. The van der Waals surface area contributed by atoms with Gasteiger partial charge in [0.1, 0.15) is 11.6 Å². The first kappa shape index (κ1) is 17.4. The first-order chi connectivity index (χ1) is 14.1. The molecule has 29 heavy (non-hydrogen) atoms. The first-order valence-corrected chi connectivity index (χ1v) is 9.24. The van der Waals surface area contributed by atoms with E-state index >= 15 is 0 Å². The van der Waals surface area contributed by atoms with E-state index in [0.29, 0.717) is 17.5 Å². The Morgan fingerprint density at radius 3 is 2.76 bits per heavy atom. The highest BCUT2D eigenvalue weighted by molar-refractivity contribution is 6.03. The van der Waals surface area contributed by atoms with Crippen molar-refractivity contribution in [2.45, 2.75) is 12.5 Å². The van der Waals surface area contributed by atoms with Gasteiger partial charge in [0, 0.05) is 22.9 Å². The van der Waals surface area contributed by atoms with E-state index in [9.17, 15) is 14.0 Å². The summed E-state index contributed by atoms with van der Waals surface area (Å²) in [6, 6.07) is 15.8.